The number of nitrogens with zero attached hydrogens (tertiary/aromatic N) is 1. The summed E-state index contributed by atoms with van der Waals surface area (Å²) in [5.41, 5.74) is -0.774. The maximum Gasteiger partial charge on any atom is 0.327 e. The summed E-state index contributed by atoms with van der Waals surface area (Å²) in [6.07, 6.45) is -0.468. The minimum Gasteiger partial charge on any atom is -0.451 e. The molecule has 11 nitrogen and oxygen atoms in total. The number of sulfonamides is 1. The molecule has 164 valence electrons. The van der Waals surface area contributed by atoms with Gasteiger partial charge in [-0.25, -0.2) is 18.4 Å². The van der Waals surface area contributed by atoms with Crippen LogP contribution in [0.5, 0.6) is 0 Å². The molecule has 0 radical (unpaired) electrons. The average Bonchev–Trinajstić information content (AvgIpc) is 2.92. The van der Waals surface area contributed by atoms with Crippen molar-refractivity contribution in [2.45, 2.75) is 50.2 Å². The number of benzene rings is 1. The highest BCUT2D eigenvalue weighted by Gasteiger charge is 2.49. The molecule has 0 spiro atoms. The van der Waals surface area contributed by atoms with Crippen molar-refractivity contribution in [3.8, 4) is 0 Å². The van der Waals surface area contributed by atoms with E-state index in [9.17, 15) is 27.6 Å². The third kappa shape index (κ3) is 4.94. The number of esters is 1. The van der Waals surface area contributed by atoms with Crippen molar-refractivity contribution >= 4 is 39.5 Å². The van der Waals surface area contributed by atoms with Crippen molar-refractivity contribution in [2.75, 3.05) is 11.9 Å². The number of nitrogens with two attached hydrogens (primary N) is 1. The molecule has 1 aromatic rings. The van der Waals surface area contributed by atoms with E-state index in [4.69, 9.17) is 9.88 Å². The van der Waals surface area contributed by atoms with Gasteiger partial charge in [-0.3, -0.25) is 19.3 Å². The summed E-state index contributed by atoms with van der Waals surface area (Å²) < 4.78 is 27.5. The molecular weight excluding hydrogens is 416 g/mol. The fourth-order valence-corrected chi connectivity index (χ4v) is 3.45. The van der Waals surface area contributed by atoms with Gasteiger partial charge in [-0.05, 0) is 44.0 Å². The van der Waals surface area contributed by atoms with Gasteiger partial charge in [0.05, 0.1) is 4.90 Å². The van der Waals surface area contributed by atoms with Crippen molar-refractivity contribution in [1.29, 1.82) is 0 Å². The molecule has 2 rings (SSSR count). The number of rotatable bonds is 8. The van der Waals surface area contributed by atoms with Crippen molar-refractivity contribution < 1.29 is 32.3 Å². The van der Waals surface area contributed by atoms with Crippen LogP contribution in [0.15, 0.2) is 29.2 Å². The first-order valence-electron chi connectivity index (χ1n) is 9.21. The number of urea groups is 1. The lowest BCUT2D eigenvalue weighted by molar-refractivity contribution is -0.155. The van der Waals surface area contributed by atoms with Gasteiger partial charge in [0.1, 0.15) is 12.1 Å². The van der Waals surface area contributed by atoms with E-state index in [-0.39, 0.29) is 10.6 Å². The Kier molecular flexibility index (Phi) is 6.83. The summed E-state index contributed by atoms with van der Waals surface area (Å²) in [6, 6.07) is 4.40. The first-order chi connectivity index (χ1) is 13.9. The molecule has 1 fully saturated rings. The Morgan fingerprint density at radius 1 is 1.20 bits per heavy atom. The molecule has 0 aliphatic carbocycles. The smallest absolute Gasteiger partial charge is 0.327 e. The Labute approximate surface area is 174 Å². The van der Waals surface area contributed by atoms with Gasteiger partial charge in [0.15, 0.2) is 6.10 Å². The number of amides is 4. The molecule has 0 unspecified atom stereocenters. The van der Waals surface area contributed by atoms with Crippen LogP contribution < -0.4 is 15.8 Å². The Bertz CT molecular complexity index is 955. The summed E-state index contributed by atoms with van der Waals surface area (Å²) in [5.74, 6) is -2.12. The minimum atomic E-state index is -3.86. The van der Waals surface area contributed by atoms with E-state index in [1.807, 2.05) is 0 Å². The van der Waals surface area contributed by atoms with Crippen LogP contribution >= 0.6 is 0 Å². The van der Waals surface area contributed by atoms with Crippen molar-refractivity contribution in [2.24, 2.45) is 5.14 Å². The van der Waals surface area contributed by atoms with E-state index in [0.29, 0.717) is 12.8 Å². The lowest BCUT2D eigenvalue weighted by Crippen LogP contribution is -2.46. The largest absolute Gasteiger partial charge is 0.451 e. The number of hydrogen-bond acceptors (Lipinski definition) is 7. The fraction of sp³-hybridized carbons (Fsp3) is 0.444. The van der Waals surface area contributed by atoms with Crippen LogP contribution in [-0.4, -0.2) is 55.3 Å². The molecule has 1 aromatic carbocycles. The molecule has 4 amide bonds. The molecule has 0 bridgehead atoms. The zero-order chi connectivity index (χ0) is 22.7. The Morgan fingerprint density at radius 3 is 2.23 bits per heavy atom. The Morgan fingerprint density at radius 2 is 1.77 bits per heavy atom. The third-order valence-electron chi connectivity index (χ3n) is 4.87. The molecule has 1 saturated heterocycles. The minimum absolute atomic E-state index is 0.122. The van der Waals surface area contributed by atoms with Crippen molar-refractivity contribution in [3.63, 3.8) is 0 Å². The van der Waals surface area contributed by atoms with Gasteiger partial charge in [-0.2, -0.15) is 0 Å². The van der Waals surface area contributed by atoms with Gasteiger partial charge in [-0.1, -0.05) is 13.8 Å². The molecule has 30 heavy (non-hydrogen) atoms. The topological polar surface area (TPSA) is 165 Å². The number of carbonyl (C=O) groups excluding carboxylic acids is 4. The van der Waals surface area contributed by atoms with Gasteiger partial charge in [-0.15, -0.1) is 0 Å². The molecule has 4 N–H and O–H groups in total. The van der Waals surface area contributed by atoms with E-state index in [0.717, 1.165) is 4.90 Å². The zero-order valence-corrected chi connectivity index (χ0v) is 17.6. The van der Waals surface area contributed by atoms with Crippen LogP contribution in [0.3, 0.4) is 0 Å². The Balaban J connectivity index is 1.95. The summed E-state index contributed by atoms with van der Waals surface area (Å²) in [4.78, 5) is 49.6. The molecule has 1 atom stereocenters. The van der Waals surface area contributed by atoms with E-state index >= 15 is 0 Å². The summed E-state index contributed by atoms with van der Waals surface area (Å²) >= 11 is 0. The maximum atomic E-state index is 12.5. The van der Waals surface area contributed by atoms with Gasteiger partial charge in [0.2, 0.25) is 10.0 Å². The highest BCUT2D eigenvalue weighted by molar-refractivity contribution is 7.89. The molecule has 12 heteroatoms. The number of carbonyl (C=O) groups is 4. The van der Waals surface area contributed by atoms with Crippen molar-refractivity contribution in [3.05, 3.63) is 24.3 Å². The molecule has 1 aliphatic heterocycles. The maximum absolute atomic E-state index is 12.5. The lowest BCUT2D eigenvalue weighted by atomic mass is 9.93. The van der Waals surface area contributed by atoms with Gasteiger partial charge >= 0.3 is 12.0 Å². The molecule has 1 heterocycles. The standard InChI is InChI=1S/C18H24N4O7S/c1-4-18(5-2)16(25)22(17(26)21-18)10-14(23)29-11(3)15(24)20-12-6-8-13(9-7-12)30(19,27)28/h6-9,11H,4-5,10H2,1-3H3,(H,20,24)(H,21,26)(H2,19,27,28)/t11-/m0/s1. The second-order valence-electron chi connectivity index (χ2n) is 6.80. The summed E-state index contributed by atoms with van der Waals surface area (Å²) in [5, 5.41) is 10.1. The predicted octanol–water partition coefficient (Wildman–Crippen LogP) is 0.315. The van der Waals surface area contributed by atoms with Crippen molar-refractivity contribution in [1.82, 2.24) is 10.2 Å². The van der Waals surface area contributed by atoms with Crippen LogP contribution in [0.2, 0.25) is 0 Å². The molecule has 0 aromatic heterocycles. The summed E-state index contributed by atoms with van der Waals surface area (Å²) in [7, 11) is -3.86. The van der Waals surface area contributed by atoms with Crippen LogP contribution in [0.25, 0.3) is 0 Å². The number of nitrogens with one attached hydrogen (secondary N) is 2. The van der Waals surface area contributed by atoms with Crippen LogP contribution in [0.1, 0.15) is 33.6 Å². The normalized spacial score (nSPS) is 16.7. The van der Waals surface area contributed by atoms with E-state index in [1.54, 1.807) is 13.8 Å². The van der Waals surface area contributed by atoms with Gasteiger partial charge in [0.25, 0.3) is 11.8 Å². The third-order valence-corrected chi connectivity index (χ3v) is 5.80. The second kappa shape index (κ2) is 8.79. The molecule has 1 aliphatic rings. The summed E-state index contributed by atoms with van der Waals surface area (Å²) in [6.45, 7) is 4.21. The van der Waals surface area contributed by atoms with E-state index < -0.39 is 52.0 Å². The first kappa shape index (κ1) is 23.3. The molecule has 0 saturated carbocycles. The SMILES string of the molecule is CCC1(CC)NC(=O)N(CC(=O)O[C@@H](C)C(=O)Nc2ccc(S(N)(=O)=O)cc2)C1=O. The fourth-order valence-electron chi connectivity index (χ4n) is 2.94. The Hall–Kier alpha value is -2.99. The quantitative estimate of drug-likeness (QED) is 0.387. The first-order valence-corrected chi connectivity index (χ1v) is 10.8. The number of ether oxygens (including phenoxy) is 1. The highest BCUT2D eigenvalue weighted by Crippen LogP contribution is 2.24. The number of primary sulfonamides is 1. The second-order valence-corrected chi connectivity index (χ2v) is 8.36. The van der Waals surface area contributed by atoms with E-state index in [2.05, 4.69) is 10.6 Å². The van der Waals surface area contributed by atoms with Crippen LogP contribution in [0.4, 0.5) is 10.5 Å². The number of hydrogen-bond donors (Lipinski definition) is 3. The number of imide groups is 1. The number of anilines is 1. The van der Waals surface area contributed by atoms with E-state index in [1.165, 1.54) is 31.2 Å². The van der Waals surface area contributed by atoms with Gasteiger partial charge in [0, 0.05) is 5.69 Å². The monoisotopic (exact) mass is 440 g/mol. The van der Waals surface area contributed by atoms with Gasteiger partial charge < -0.3 is 15.4 Å². The van der Waals surface area contributed by atoms with Crippen LogP contribution in [0, 0.1) is 0 Å². The van der Waals surface area contributed by atoms with Crippen LogP contribution in [-0.2, 0) is 29.1 Å². The molecular formula is C18H24N4O7S. The average molecular weight is 440 g/mol. The lowest BCUT2D eigenvalue weighted by Gasteiger charge is -2.23. The highest BCUT2D eigenvalue weighted by atomic mass is 32.2. The zero-order valence-electron chi connectivity index (χ0n) is 16.8. The predicted molar refractivity (Wildman–Crippen MR) is 106 cm³/mol.